The lowest BCUT2D eigenvalue weighted by atomic mass is 10.1. The van der Waals surface area contributed by atoms with Gasteiger partial charge in [-0.15, -0.1) is 0 Å². The van der Waals surface area contributed by atoms with E-state index >= 15 is 0 Å². The number of piperidine rings is 1. The third kappa shape index (κ3) is 6.17. The number of nitrogens with zero attached hydrogens (tertiary/aromatic N) is 3. The van der Waals surface area contributed by atoms with E-state index in [4.69, 9.17) is 4.74 Å². The minimum atomic E-state index is -0.485. The average molecular weight is 412 g/mol. The van der Waals surface area contributed by atoms with Crippen molar-refractivity contribution < 1.29 is 14.3 Å². The summed E-state index contributed by atoms with van der Waals surface area (Å²) < 4.78 is 5.44. The lowest BCUT2D eigenvalue weighted by molar-refractivity contribution is -0.114. The van der Waals surface area contributed by atoms with Crippen molar-refractivity contribution in [2.24, 2.45) is 0 Å². The molecule has 1 fully saturated rings. The number of carbonyl (C=O) groups is 2. The predicted octanol–water partition coefficient (Wildman–Crippen LogP) is 3.91. The Morgan fingerprint density at radius 3 is 2.37 bits per heavy atom. The zero-order chi connectivity index (χ0) is 21.7. The third-order valence-corrected chi connectivity index (χ3v) is 4.64. The van der Waals surface area contributed by atoms with E-state index in [-0.39, 0.29) is 18.0 Å². The van der Waals surface area contributed by atoms with Crippen LogP contribution in [0.5, 0.6) is 0 Å². The quantitative estimate of drug-likeness (QED) is 0.792. The first kappa shape index (κ1) is 21.5. The molecule has 1 aliphatic heterocycles. The standard InChI is InChI=1S/C22H29N5O3/c1-15(28)24-17-7-5-16(6-8-17)19-9-12-23-20(26-19)25-18-10-13-27(14-11-18)21(29)30-22(2,3)4/h5-9,12,18H,10-11,13-14H2,1-4H3,(H,24,28)(H,23,25,26). The number of carbonyl (C=O) groups excluding carboxylic acids is 2. The molecule has 2 amide bonds. The fraction of sp³-hybridized carbons (Fsp3) is 0.455. The molecule has 30 heavy (non-hydrogen) atoms. The fourth-order valence-corrected chi connectivity index (χ4v) is 3.23. The molecule has 0 spiro atoms. The maximum Gasteiger partial charge on any atom is 0.410 e. The molecular weight excluding hydrogens is 382 g/mol. The van der Waals surface area contributed by atoms with Gasteiger partial charge in [0.2, 0.25) is 11.9 Å². The summed E-state index contributed by atoms with van der Waals surface area (Å²) in [6.45, 7) is 8.37. The Balaban J connectivity index is 1.57. The van der Waals surface area contributed by atoms with Gasteiger partial charge >= 0.3 is 6.09 Å². The molecule has 2 aromatic rings. The topological polar surface area (TPSA) is 96.5 Å². The lowest BCUT2D eigenvalue weighted by Crippen LogP contribution is -2.44. The highest BCUT2D eigenvalue weighted by atomic mass is 16.6. The summed E-state index contributed by atoms with van der Waals surface area (Å²) in [5.41, 5.74) is 2.00. The van der Waals surface area contributed by atoms with Gasteiger partial charge in [0.15, 0.2) is 0 Å². The molecule has 0 saturated carbocycles. The van der Waals surface area contributed by atoms with E-state index in [2.05, 4.69) is 20.6 Å². The van der Waals surface area contributed by atoms with Crippen LogP contribution in [-0.4, -0.2) is 51.6 Å². The second-order valence-electron chi connectivity index (χ2n) is 8.41. The molecule has 0 unspecified atom stereocenters. The van der Waals surface area contributed by atoms with Crippen LogP contribution in [-0.2, 0) is 9.53 Å². The fourth-order valence-electron chi connectivity index (χ4n) is 3.23. The normalized spacial score (nSPS) is 14.9. The molecule has 0 aliphatic carbocycles. The maximum atomic E-state index is 12.2. The molecule has 1 aromatic carbocycles. The second kappa shape index (κ2) is 9.11. The minimum Gasteiger partial charge on any atom is -0.444 e. The van der Waals surface area contributed by atoms with Crippen LogP contribution >= 0.6 is 0 Å². The number of benzene rings is 1. The van der Waals surface area contributed by atoms with E-state index in [0.717, 1.165) is 29.8 Å². The van der Waals surface area contributed by atoms with Crippen molar-refractivity contribution in [3.05, 3.63) is 36.5 Å². The van der Waals surface area contributed by atoms with E-state index in [9.17, 15) is 9.59 Å². The predicted molar refractivity (Wildman–Crippen MR) is 116 cm³/mol. The van der Waals surface area contributed by atoms with Crippen molar-refractivity contribution in [1.82, 2.24) is 14.9 Å². The molecule has 1 aliphatic rings. The van der Waals surface area contributed by atoms with Gasteiger partial charge in [0.05, 0.1) is 5.69 Å². The van der Waals surface area contributed by atoms with Gasteiger partial charge in [-0.2, -0.15) is 0 Å². The third-order valence-electron chi connectivity index (χ3n) is 4.64. The molecule has 160 valence electrons. The number of anilines is 2. The number of hydrogen-bond donors (Lipinski definition) is 2. The summed E-state index contributed by atoms with van der Waals surface area (Å²) in [4.78, 5) is 34.0. The van der Waals surface area contributed by atoms with Gasteiger partial charge in [-0.1, -0.05) is 12.1 Å². The van der Waals surface area contributed by atoms with Gasteiger partial charge in [-0.25, -0.2) is 14.8 Å². The number of ether oxygens (including phenoxy) is 1. The molecule has 8 nitrogen and oxygen atoms in total. The Morgan fingerprint density at radius 1 is 1.10 bits per heavy atom. The van der Waals surface area contributed by atoms with Crippen LogP contribution in [0.15, 0.2) is 36.5 Å². The maximum absolute atomic E-state index is 12.2. The summed E-state index contributed by atoms with van der Waals surface area (Å²) >= 11 is 0. The zero-order valence-corrected chi connectivity index (χ0v) is 17.9. The smallest absolute Gasteiger partial charge is 0.410 e. The van der Waals surface area contributed by atoms with E-state index in [1.165, 1.54) is 6.92 Å². The molecule has 0 atom stereocenters. The van der Waals surface area contributed by atoms with Gasteiger partial charge in [0, 0.05) is 43.5 Å². The van der Waals surface area contributed by atoms with Crippen LogP contribution < -0.4 is 10.6 Å². The highest BCUT2D eigenvalue weighted by molar-refractivity contribution is 5.88. The van der Waals surface area contributed by atoms with E-state index in [0.29, 0.717) is 19.0 Å². The molecule has 2 N–H and O–H groups in total. The van der Waals surface area contributed by atoms with Crippen LogP contribution in [0.25, 0.3) is 11.3 Å². The number of likely N-dealkylation sites (tertiary alicyclic amines) is 1. The van der Waals surface area contributed by atoms with Gasteiger partial charge < -0.3 is 20.3 Å². The highest BCUT2D eigenvalue weighted by Gasteiger charge is 2.27. The first-order chi connectivity index (χ1) is 14.2. The first-order valence-corrected chi connectivity index (χ1v) is 10.2. The Morgan fingerprint density at radius 2 is 1.77 bits per heavy atom. The molecule has 1 aromatic heterocycles. The Labute approximate surface area is 177 Å². The van der Waals surface area contributed by atoms with Crippen LogP contribution in [0, 0.1) is 0 Å². The van der Waals surface area contributed by atoms with Crippen molar-refractivity contribution in [2.75, 3.05) is 23.7 Å². The molecule has 3 rings (SSSR count). The van der Waals surface area contributed by atoms with Crippen molar-refractivity contribution in [3.8, 4) is 11.3 Å². The van der Waals surface area contributed by atoms with Gasteiger partial charge in [-0.3, -0.25) is 4.79 Å². The van der Waals surface area contributed by atoms with Crippen molar-refractivity contribution in [3.63, 3.8) is 0 Å². The monoisotopic (exact) mass is 411 g/mol. The first-order valence-electron chi connectivity index (χ1n) is 10.2. The molecule has 1 saturated heterocycles. The summed E-state index contributed by atoms with van der Waals surface area (Å²) in [6, 6.07) is 9.56. The van der Waals surface area contributed by atoms with E-state index < -0.39 is 5.60 Å². The minimum absolute atomic E-state index is 0.103. The van der Waals surface area contributed by atoms with Gasteiger partial charge in [0.25, 0.3) is 0 Å². The van der Waals surface area contributed by atoms with Crippen LogP contribution in [0.2, 0.25) is 0 Å². The SMILES string of the molecule is CC(=O)Nc1ccc(-c2ccnc(NC3CCN(C(=O)OC(C)(C)C)CC3)n2)cc1. The van der Waals surface area contributed by atoms with Gasteiger partial charge in [0.1, 0.15) is 5.60 Å². The van der Waals surface area contributed by atoms with Crippen molar-refractivity contribution in [1.29, 1.82) is 0 Å². The number of nitrogens with one attached hydrogen (secondary N) is 2. The Kier molecular flexibility index (Phi) is 6.54. The number of aromatic nitrogens is 2. The van der Waals surface area contributed by atoms with E-state index in [1.807, 2.05) is 51.1 Å². The number of amides is 2. The molecule has 0 bridgehead atoms. The summed E-state index contributed by atoms with van der Waals surface area (Å²) in [5, 5.41) is 6.13. The van der Waals surface area contributed by atoms with Crippen LogP contribution in [0.1, 0.15) is 40.5 Å². The second-order valence-corrected chi connectivity index (χ2v) is 8.41. The van der Waals surface area contributed by atoms with Crippen LogP contribution in [0.3, 0.4) is 0 Å². The van der Waals surface area contributed by atoms with Gasteiger partial charge in [-0.05, 0) is 51.8 Å². The molecule has 2 heterocycles. The summed E-state index contributed by atoms with van der Waals surface area (Å²) in [7, 11) is 0. The van der Waals surface area contributed by atoms with Crippen LogP contribution in [0.4, 0.5) is 16.4 Å². The van der Waals surface area contributed by atoms with Crippen molar-refractivity contribution in [2.45, 2.75) is 52.2 Å². The summed E-state index contributed by atoms with van der Waals surface area (Å²) in [5.74, 6) is 0.461. The largest absolute Gasteiger partial charge is 0.444 e. The lowest BCUT2D eigenvalue weighted by Gasteiger charge is -2.33. The average Bonchev–Trinajstić information content (AvgIpc) is 2.67. The van der Waals surface area contributed by atoms with Crippen molar-refractivity contribution >= 4 is 23.6 Å². The zero-order valence-electron chi connectivity index (χ0n) is 17.9. The highest BCUT2D eigenvalue weighted by Crippen LogP contribution is 2.22. The number of rotatable bonds is 4. The molecule has 0 radical (unpaired) electrons. The molecular formula is C22H29N5O3. The van der Waals surface area contributed by atoms with E-state index in [1.54, 1.807) is 11.1 Å². The Hall–Kier alpha value is -3.16. The Bertz CT molecular complexity index is 884. The number of hydrogen-bond acceptors (Lipinski definition) is 6. The summed E-state index contributed by atoms with van der Waals surface area (Å²) in [6.07, 6.45) is 3.07. The molecule has 8 heteroatoms.